The highest BCUT2D eigenvalue weighted by atomic mass is 16.3. The minimum Gasteiger partial charge on any atom is -0.390 e. The van der Waals surface area contributed by atoms with E-state index in [-0.39, 0.29) is 5.41 Å². The maximum Gasteiger partial charge on any atom is 0.0685 e. The zero-order valence-corrected chi connectivity index (χ0v) is 10.6. The molecule has 3 atom stereocenters. The second kappa shape index (κ2) is 4.84. The smallest absolute Gasteiger partial charge is 0.0685 e. The van der Waals surface area contributed by atoms with Crippen molar-refractivity contribution >= 4 is 0 Å². The van der Waals surface area contributed by atoms with Crippen LogP contribution in [0.2, 0.25) is 0 Å². The van der Waals surface area contributed by atoms with Crippen molar-refractivity contribution in [3.63, 3.8) is 0 Å². The van der Waals surface area contributed by atoms with Gasteiger partial charge >= 0.3 is 0 Å². The Morgan fingerprint density at radius 1 is 1.47 bits per heavy atom. The first kappa shape index (κ1) is 13.0. The van der Waals surface area contributed by atoms with Crippen LogP contribution in [0, 0.1) is 11.3 Å². The van der Waals surface area contributed by atoms with Crippen LogP contribution in [0.25, 0.3) is 0 Å². The van der Waals surface area contributed by atoms with Crippen LogP contribution >= 0.6 is 0 Å². The zero-order chi connectivity index (χ0) is 11.5. The van der Waals surface area contributed by atoms with E-state index in [1.807, 2.05) is 6.92 Å². The molecule has 0 radical (unpaired) electrons. The van der Waals surface area contributed by atoms with Crippen LogP contribution in [0.4, 0.5) is 0 Å². The summed E-state index contributed by atoms with van der Waals surface area (Å²) in [6.07, 6.45) is 6.79. The normalized spacial score (nSPS) is 36.2. The van der Waals surface area contributed by atoms with Crippen molar-refractivity contribution in [1.29, 1.82) is 0 Å². The van der Waals surface area contributed by atoms with Crippen molar-refractivity contribution in [3.8, 4) is 0 Å². The molecule has 0 amide bonds. The molecule has 3 N–H and O–H groups in total. The highest BCUT2D eigenvalue weighted by Gasteiger charge is 2.47. The van der Waals surface area contributed by atoms with Gasteiger partial charge in [-0.25, -0.2) is 0 Å². The molecule has 1 fully saturated rings. The standard InChI is InChI=1S/C13H27NO/c1-4-11-7-6-8-13(9-11,10-14)12(3,15)5-2/h11,15H,4-10,14H2,1-3H3. The van der Waals surface area contributed by atoms with Gasteiger partial charge in [0, 0.05) is 12.0 Å². The van der Waals surface area contributed by atoms with E-state index in [9.17, 15) is 5.11 Å². The Kier molecular flexibility index (Phi) is 4.19. The Bertz CT molecular complexity index is 203. The fourth-order valence-electron chi connectivity index (χ4n) is 3.10. The van der Waals surface area contributed by atoms with E-state index in [0.717, 1.165) is 25.2 Å². The van der Waals surface area contributed by atoms with Gasteiger partial charge in [-0.1, -0.05) is 33.1 Å². The quantitative estimate of drug-likeness (QED) is 0.754. The Labute approximate surface area is 94.2 Å². The molecule has 0 bridgehead atoms. The molecule has 0 aromatic rings. The third kappa shape index (κ3) is 2.36. The van der Waals surface area contributed by atoms with E-state index in [1.165, 1.54) is 19.3 Å². The van der Waals surface area contributed by atoms with Crippen molar-refractivity contribution < 1.29 is 5.11 Å². The van der Waals surface area contributed by atoms with E-state index in [0.29, 0.717) is 6.54 Å². The van der Waals surface area contributed by atoms with Crippen LogP contribution in [-0.4, -0.2) is 17.3 Å². The fraction of sp³-hybridized carbons (Fsp3) is 1.00. The van der Waals surface area contributed by atoms with Gasteiger partial charge in [-0.3, -0.25) is 0 Å². The van der Waals surface area contributed by atoms with Gasteiger partial charge in [0.05, 0.1) is 5.60 Å². The van der Waals surface area contributed by atoms with E-state index >= 15 is 0 Å². The predicted molar refractivity (Wildman–Crippen MR) is 64.7 cm³/mol. The average Bonchev–Trinajstić information content (AvgIpc) is 2.28. The minimum absolute atomic E-state index is 0.0271. The van der Waals surface area contributed by atoms with Crippen molar-refractivity contribution in [2.24, 2.45) is 17.1 Å². The van der Waals surface area contributed by atoms with Gasteiger partial charge in [-0.15, -0.1) is 0 Å². The summed E-state index contributed by atoms with van der Waals surface area (Å²) in [5, 5.41) is 10.5. The molecule has 0 aromatic carbocycles. The van der Waals surface area contributed by atoms with E-state index in [4.69, 9.17) is 5.73 Å². The molecule has 2 heteroatoms. The summed E-state index contributed by atoms with van der Waals surface area (Å²) in [4.78, 5) is 0. The lowest BCUT2D eigenvalue weighted by Crippen LogP contribution is -2.52. The number of rotatable bonds is 4. The van der Waals surface area contributed by atoms with Crippen LogP contribution in [-0.2, 0) is 0 Å². The largest absolute Gasteiger partial charge is 0.390 e. The summed E-state index contributed by atoms with van der Waals surface area (Å²) in [7, 11) is 0. The summed E-state index contributed by atoms with van der Waals surface area (Å²) >= 11 is 0. The summed E-state index contributed by atoms with van der Waals surface area (Å²) in [6.45, 7) is 6.91. The number of hydrogen-bond acceptors (Lipinski definition) is 2. The van der Waals surface area contributed by atoms with E-state index in [2.05, 4.69) is 13.8 Å². The second-order valence-corrected chi connectivity index (χ2v) is 5.48. The third-order valence-electron chi connectivity index (χ3n) is 4.75. The lowest BCUT2D eigenvalue weighted by molar-refractivity contribution is -0.0981. The molecule has 0 spiro atoms. The first-order valence-electron chi connectivity index (χ1n) is 6.44. The highest BCUT2D eigenvalue weighted by molar-refractivity contribution is 4.99. The van der Waals surface area contributed by atoms with Gasteiger partial charge in [0.1, 0.15) is 0 Å². The molecule has 0 aliphatic heterocycles. The molecule has 3 unspecified atom stereocenters. The molecule has 15 heavy (non-hydrogen) atoms. The minimum atomic E-state index is -0.588. The monoisotopic (exact) mass is 213 g/mol. The van der Waals surface area contributed by atoms with Crippen LogP contribution in [0.1, 0.15) is 59.3 Å². The molecule has 0 aromatic heterocycles. The van der Waals surface area contributed by atoms with Crippen LogP contribution < -0.4 is 5.73 Å². The summed E-state index contributed by atoms with van der Waals surface area (Å²) in [5.74, 6) is 0.764. The average molecular weight is 213 g/mol. The van der Waals surface area contributed by atoms with Crippen LogP contribution in [0.15, 0.2) is 0 Å². The maximum atomic E-state index is 10.5. The number of nitrogens with two attached hydrogens (primary N) is 1. The highest BCUT2D eigenvalue weighted by Crippen LogP contribution is 2.48. The number of aliphatic hydroxyl groups is 1. The lowest BCUT2D eigenvalue weighted by atomic mass is 9.60. The Morgan fingerprint density at radius 3 is 2.60 bits per heavy atom. The van der Waals surface area contributed by atoms with Gasteiger partial charge in [-0.2, -0.15) is 0 Å². The van der Waals surface area contributed by atoms with Crippen LogP contribution in [0.3, 0.4) is 0 Å². The fourth-order valence-corrected chi connectivity index (χ4v) is 3.10. The van der Waals surface area contributed by atoms with Crippen LogP contribution in [0.5, 0.6) is 0 Å². The predicted octanol–water partition coefficient (Wildman–Crippen LogP) is 2.69. The first-order valence-corrected chi connectivity index (χ1v) is 6.44. The van der Waals surface area contributed by atoms with E-state index < -0.39 is 5.60 Å². The Morgan fingerprint density at radius 2 is 2.13 bits per heavy atom. The Hall–Kier alpha value is -0.0800. The summed E-state index contributed by atoms with van der Waals surface area (Å²) < 4.78 is 0. The van der Waals surface area contributed by atoms with Crippen molar-refractivity contribution in [2.45, 2.75) is 64.9 Å². The van der Waals surface area contributed by atoms with Crippen molar-refractivity contribution in [2.75, 3.05) is 6.54 Å². The van der Waals surface area contributed by atoms with Gasteiger partial charge in [0.15, 0.2) is 0 Å². The summed E-state index contributed by atoms with van der Waals surface area (Å²) in [5.41, 5.74) is 5.34. The van der Waals surface area contributed by atoms with Crippen molar-refractivity contribution in [3.05, 3.63) is 0 Å². The SMILES string of the molecule is CCC1CCCC(CN)(C(C)(O)CC)C1. The lowest BCUT2D eigenvalue weighted by Gasteiger charge is -2.49. The zero-order valence-electron chi connectivity index (χ0n) is 10.6. The molecule has 90 valence electrons. The molecule has 0 saturated heterocycles. The first-order chi connectivity index (χ1) is 7.01. The van der Waals surface area contributed by atoms with Gasteiger partial charge in [-0.05, 0) is 32.1 Å². The van der Waals surface area contributed by atoms with Gasteiger partial charge in [0.25, 0.3) is 0 Å². The van der Waals surface area contributed by atoms with Gasteiger partial charge < -0.3 is 10.8 Å². The summed E-state index contributed by atoms with van der Waals surface area (Å²) in [6, 6.07) is 0. The topological polar surface area (TPSA) is 46.2 Å². The second-order valence-electron chi connectivity index (χ2n) is 5.48. The molecular weight excluding hydrogens is 186 g/mol. The molecule has 1 rings (SSSR count). The van der Waals surface area contributed by atoms with E-state index in [1.54, 1.807) is 0 Å². The van der Waals surface area contributed by atoms with Gasteiger partial charge in [0.2, 0.25) is 0 Å². The molecule has 1 aliphatic rings. The molecule has 1 saturated carbocycles. The Balaban J connectivity index is 2.83. The molecule has 2 nitrogen and oxygen atoms in total. The molecular formula is C13H27NO. The molecule has 0 heterocycles. The van der Waals surface area contributed by atoms with Crippen molar-refractivity contribution in [1.82, 2.24) is 0 Å². The number of hydrogen-bond donors (Lipinski definition) is 2. The maximum absolute atomic E-state index is 10.5. The molecule has 1 aliphatic carbocycles. The third-order valence-corrected chi connectivity index (χ3v) is 4.75.